The summed E-state index contributed by atoms with van der Waals surface area (Å²) in [5.74, 6) is -0.699. The molecule has 0 aliphatic carbocycles. The molecular weight excluding hydrogens is 366 g/mol. The average molecular weight is 391 g/mol. The predicted molar refractivity (Wildman–Crippen MR) is 114 cm³/mol. The van der Waals surface area contributed by atoms with Gasteiger partial charge in [0.1, 0.15) is 5.70 Å². The Balaban J connectivity index is 1.92. The number of amides is 2. The molecular formula is C23H25N3O3. The molecule has 3 N–H and O–H groups in total. The highest BCUT2D eigenvalue weighted by Gasteiger charge is 2.18. The van der Waals surface area contributed by atoms with Gasteiger partial charge in [0.25, 0.3) is 11.8 Å². The van der Waals surface area contributed by atoms with Crippen molar-refractivity contribution in [1.82, 2.24) is 15.6 Å². The van der Waals surface area contributed by atoms with Gasteiger partial charge in [0.05, 0.1) is 12.6 Å². The molecule has 150 valence electrons. The van der Waals surface area contributed by atoms with Crippen LogP contribution in [0.4, 0.5) is 0 Å². The molecule has 1 aromatic heterocycles. The number of hydrogen-bond acceptors (Lipinski definition) is 3. The summed E-state index contributed by atoms with van der Waals surface area (Å²) in [7, 11) is 1.59. The molecule has 6 heteroatoms. The predicted octanol–water partition coefficient (Wildman–Crippen LogP) is 3.48. The zero-order chi connectivity index (χ0) is 20.6. The number of methoxy groups -OCH3 is 1. The van der Waals surface area contributed by atoms with Crippen LogP contribution in [-0.2, 0) is 9.53 Å². The lowest BCUT2D eigenvalue weighted by Gasteiger charge is -2.18. The van der Waals surface area contributed by atoms with Crippen LogP contribution < -0.4 is 10.6 Å². The molecule has 0 saturated carbocycles. The van der Waals surface area contributed by atoms with E-state index in [0.717, 1.165) is 16.5 Å². The van der Waals surface area contributed by atoms with Crippen LogP contribution in [0.25, 0.3) is 17.0 Å². The molecule has 2 amide bonds. The maximum Gasteiger partial charge on any atom is 0.268 e. The molecule has 29 heavy (non-hydrogen) atoms. The van der Waals surface area contributed by atoms with E-state index in [1.54, 1.807) is 37.5 Å². The number of H-pyrrole nitrogens is 1. The van der Waals surface area contributed by atoms with Crippen molar-refractivity contribution in [3.8, 4) is 0 Å². The number of ether oxygens (including phenoxy) is 1. The fourth-order valence-electron chi connectivity index (χ4n) is 3.04. The average Bonchev–Trinajstić information content (AvgIpc) is 3.16. The molecule has 0 radical (unpaired) electrons. The van der Waals surface area contributed by atoms with Gasteiger partial charge in [-0.1, -0.05) is 43.3 Å². The van der Waals surface area contributed by atoms with Gasteiger partial charge in [-0.25, -0.2) is 0 Å². The second-order valence-corrected chi connectivity index (χ2v) is 6.70. The number of rotatable bonds is 8. The monoisotopic (exact) mass is 391 g/mol. The smallest absolute Gasteiger partial charge is 0.268 e. The van der Waals surface area contributed by atoms with E-state index in [4.69, 9.17) is 4.74 Å². The molecule has 1 atom stereocenters. The van der Waals surface area contributed by atoms with Crippen molar-refractivity contribution in [2.45, 2.75) is 19.4 Å². The molecule has 0 unspecified atom stereocenters. The lowest BCUT2D eigenvalue weighted by Crippen LogP contribution is -2.42. The van der Waals surface area contributed by atoms with E-state index in [9.17, 15) is 9.59 Å². The Hall–Kier alpha value is -3.38. The largest absolute Gasteiger partial charge is 0.383 e. The van der Waals surface area contributed by atoms with Gasteiger partial charge in [-0.2, -0.15) is 0 Å². The minimum Gasteiger partial charge on any atom is -0.383 e. The molecule has 0 aliphatic rings. The summed E-state index contributed by atoms with van der Waals surface area (Å²) in [6.07, 6.45) is 4.22. The lowest BCUT2D eigenvalue weighted by molar-refractivity contribution is -0.118. The van der Waals surface area contributed by atoms with E-state index in [1.165, 1.54) is 0 Å². The zero-order valence-electron chi connectivity index (χ0n) is 16.6. The first-order valence-corrected chi connectivity index (χ1v) is 9.56. The van der Waals surface area contributed by atoms with Gasteiger partial charge >= 0.3 is 0 Å². The third-order valence-electron chi connectivity index (χ3n) is 4.65. The van der Waals surface area contributed by atoms with Crippen molar-refractivity contribution in [3.05, 3.63) is 77.6 Å². The Morgan fingerprint density at radius 2 is 1.83 bits per heavy atom. The number of hydrogen-bond donors (Lipinski definition) is 3. The second kappa shape index (κ2) is 9.71. The number of para-hydroxylation sites is 1. The normalized spacial score (nSPS) is 12.6. The molecule has 0 bridgehead atoms. The van der Waals surface area contributed by atoms with Crippen LogP contribution in [0.1, 0.15) is 29.3 Å². The number of carbonyl (C=O) groups is 2. The molecule has 3 aromatic rings. The summed E-state index contributed by atoms with van der Waals surface area (Å²) in [6.45, 7) is 2.37. The summed E-state index contributed by atoms with van der Waals surface area (Å²) in [5.41, 5.74) is 2.44. The van der Waals surface area contributed by atoms with Crippen LogP contribution in [0.3, 0.4) is 0 Å². The summed E-state index contributed by atoms with van der Waals surface area (Å²) >= 11 is 0. The van der Waals surface area contributed by atoms with E-state index in [0.29, 0.717) is 18.6 Å². The second-order valence-electron chi connectivity index (χ2n) is 6.70. The van der Waals surface area contributed by atoms with Crippen LogP contribution in [0.2, 0.25) is 0 Å². The zero-order valence-corrected chi connectivity index (χ0v) is 16.6. The van der Waals surface area contributed by atoms with Crippen molar-refractivity contribution < 1.29 is 14.3 Å². The van der Waals surface area contributed by atoms with Crippen LogP contribution in [0, 0.1) is 0 Å². The standard InChI is InChI=1S/C23H25N3O3/c1-3-18(15-29-2)25-23(28)21(26-22(27)16-9-5-4-6-10-16)13-17-14-24-20-12-8-7-11-19(17)20/h4-14,18,24H,3,15H2,1-2H3,(H,25,28)(H,26,27)/b21-13-/t18-/m1/s1. The number of benzene rings is 2. The highest BCUT2D eigenvalue weighted by molar-refractivity contribution is 6.06. The van der Waals surface area contributed by atoms with Gasteiger partial charge < -0.3 is 20.4 Å². The Bertz CT molecular complexity index is 1010. The lowest BCUT2D eigenvalue weighted by atomic mass is 10.1. The topological polar surface area (TPSA) is 83.2 Å². The van der Waals surface area contributed by atoms with Gasteiger partial charge in [-0.3, -0.25) is 9.59 Å². The number of nitrogens with one attached hydrogen (secondary N) is 3. The first-order valence-electron chi connectivity index (χ1n) is 9.56. The highest BCUT2D eigenvalue weighted by atomic mass is 16.5. The number of carbonyl (C=O) groups excluding carboxylic acids is 2. The first-order chi connectivity index (χ1) is 14.1. The molecule has 0 saturated heterocycles. The number of fused-ring (bicyclic) bond motifs is 1. The van der Waals surface area contributed by atoms with Crippen molar-refractivity contribution in [1.29, 1.82) is 0 Å². The van der Waals surface area contributed by atoms with E-state index in [2.05, 4.69) is 15.6 Å². The molecule has 3 rings (SSSR count). The van der Waals surface area contributed by atoms with Crippen molar-refractivity contribution >= 4 is 28.8 Å². The molecule has 1 heterocycles. The maximum absolute atomic E-state index is 13.0. The Labute approximate surface area is 170 Å². The van der Waals surface area contributed by atoms with E-state index in [-0.39, 0.29) is 23.6 Å². The minimum absolute atomic E-state index is 0.146. The Morgan fingerprint density at radius 1 is 1.10 bits per heavy atom. The summed E-state index contributed by atoms with van der Waals surface area (Å²) < 4.78 is 5.16. The summed E-state index contributed by atoms with van der Waals surface area (Å²) in [6, 6.07) is 16.5. The molecule has 0 spiro atoms. The molecule has 6 nitrogen and oxygen atoms in total. The SMILES string of the molecule is CC[C@H](COC)NC(=O)/C(=C/c1c[nH]c2ccccc12)NC(=O)c1ccccc1. The molecule has 2 aromatic carbocycles. The Morgan fingerprint density at radius 3 is 2.55 bits per heavy atom. The quantitative estimate of drug-likeness (QED) is 0.514. The van der Waals surface area contributed by atoms with Gasteiger partial charge in [-0.05, 0) is 30.7 Å². The van der Waals surface area contributed by atoms with Gasteiger partial charge in [0.2, 0.25) is 0 Å². The van der Waals surface area contributed by atoms with Gasteiger partial charge in [0, 0.05) is 35.3 Å². The van der Waals surface area contributed by atoms with E-state index in [1.807, 2.05) is 43.5 Å². The Kier molecular flexibility index (Phi) is 6.81. The summed E-state index contributed by atoms with van der Waals surface area (Å²) in [5, 5.41) is 6.66. The highest BCUT2D eigenvalue weighted by Crippen LogP contribution is 2.20. The third-order valence-corrected chi connectivity index (χ3v) is 4.65. The molecule has 0 fully saturated rings. The first kappa shape index (κ1) is 20.4. The number of aromatic amines is 1. The fourth-order valence-corrected chi connectivity index (χ4v) is 3.04. The van der Waals surface area contributed by atoms with Crippen LogP contribution >= 0.6 is 0 Å². The number of aromatic nitrogens is 1. The summed E-state index contributed by atoms with van der Waals surface area (Å²) in [4.78, 5) is 28.8. The van der Waals surface area contributed by atoms with Crippen LogP contribution in [-0.4, -0.2) is 36.6 Å². The van der Waals surface area contributed by atoms with E-state index >= 15 is 0 Å². The van der Waals surface area contributed by atoms with Crippen LogP contribution in [0.15, 0.2) is 66.5 Å². The van der Waals surface area contributed by atoms with Crippen molar-refractivity contribution in [2.75, 3.05) is 13.7 Å². The third kappa shape index (κ3) is 5.12. The van der Waals surface area contributed by atoms with Gasteiger partial charge in [-0.15, -0.1) is 0 Å². The maximum atomic E-state index is 13.0. The minimum atomic E-state index is -0.358. The fraction of sp³-hybridized carbons (Fsp3) is 0.217. The van der Waals surface area contributed by atoms with Crippen molar-refractivity contribution in [3.63, 3.8) is 0 Å². The van der Waals surface area contributed by atoms with Crippen molar-refractivity contribution in [2.24, 2.45) is 0 Å². The van der Waals surface area contributed by atoms with Crippen LogP contribution in [0.5, 0.6) is 0 Å². The molecule has 0 aliphatic heterocycles. The van der Waals surface area contributed by atoms with Gasteiger partial charge in [0.15, 0.2) is 0 Å². The van der Waals surface area contributed by atoms with E-state index < -0.39 is 0 Å².